The third-order valence-corrected chi connectivity index (χ3v) is 4.59. The van der Waals surface area contributed by atoms with E-state index in [2.05, 4.69) is 15.2 Å². The minimum atomic E-state index is 0.248. The SMILES string of the molecule is Nc1c[n+](N2CCN(CCCCCC(=O)c3ccccc3)CC2)no1. The van der Waals surface area contributed by atoms with Crippen LogP contribution in [0.25, 0.3) is 0 Å². The summed E-state index contributed by atoms with van der Waals surface area (Å²) in [5.74, 6) is 0.575. The normalized spacial score (nSPS) is 15.4. The van der Waals surface area contributed by atoms with E-state index < -0.39 is 0 Å². The number of unbranched alkanes of at least 4 members (excludes halogenated alkanes) is 2. The highest BCUT2D eigenvalue weighted by molar-refractivity contribution is 5.95. The van der Waals surface area contributed by atoms with Gasteiger partial charge in [-0.15, -0.1) is 0 Å². The van der Waals surface area contributed by atoms with E-state index in [4.69, 9.17) is 10.3 Å². The average Bonchev–Trinajstić information content (AvgIpc) is 3.09. The van der Waals surface area contributed by atoms with Crippen LogP contribution < -0.4 is 15.5 Å². The van der Waals surface area contributed by atoms with Gasteiger partial charge in [0.05, 0.1) is 17.9 Å². The number of benzene rings is 1. The quantitative estimate of drug-likeness (QED) is 0.441. The van der Waals surface area contributed by atoms with Crippen molar-refractivity contribution in [3.05, 3.63) is 42.1 Å². The number of nitrogens with zero attached hydrogens (tertiary/aromatic N) is 4. The number of nitrogens with two attached hydrogens (primary N) is 1. The third kappa shape index (κ3) is 5.03. The zero-order valence-electron chi connectivity index (χ0n) is 14.5. The number of aromatic nitrogens is 2. The lowest BCUT2D eigenvalue weighted by molar-refractivity contribution is -0.759. The predicted octanol–water partition coefficient (Wildman–Crippen LogP) is 1.24. The summed E-state index contributed by atoms with van der Waals surface area (Å²) in [6.07, 6.45) is 5.52. The van der Waals surface area contributed by atoms with Crippen LogP contribution in [0.3, 0.4) is 0 Å². The van der Waals surface area contributed by atoms with Crippen molar-refractivity contribution in [3.63, 3.8) is 0 Å². The first kappa shape index (κ1) is 17.4. The van der Waals surface area contributed by atoms with Crippen molar-refractivity contribution in [3.8, 4) is 0 Å². The smallest absolute Gasteiger partial charge is 0.296 e. The number of anilines is 1. The molecule has 3 rings (SSSR count). The van der Waals surface area contributed by atoms with Gasteiger partial charge in [-0.25, -0.2) is 0 Å². The van der Waals surface area contributed by atoms with Gasteiger partial charge in [-0.05, 0) is 19.4 Å². The Morgan fingerprint density at radius 2 is 1.88 bits per heavy atom. The summed E-state index contributed by atoms with van der Waals surface area (Å²) < 4.78 is 4.90. The Kier molecular flexibility index (Phi) is 6.00. The van der Waals surface area contributed by atoms with Gasteiger partial charge in [0, 0.05) is 25.1 Å². The molecule has 0 bridgehead atoms. The Labute approximate surface area is 147 Å². The number of rotatable bonds is 8. The van der Waals surface area contributed by atoms with Crippen molar-refractivity contribution in [1.82, 2.24) is 10.2 Å². The Bertz CT molecular complexity index is 665. The highest BCUT2D eigenvalue weighted by Gasteiger charge is 2.24. The number of carbonyl (C=O) groups excluding carboxylic acids is 1. The van der Waals surface area contributed by atoms with E-state index in [1.807, 2.05) is 30.3 Å². The van der Waals surface area contributed by atoms with Crippen LogP contribution in [0, 0.1) is 0 Å². The van der Waals surface area contributed by atoms with Gasteiger partial charge in [0.15, 0.2) is 5.78 Å². The van der Waals surface area contributed by atoms with Crippen LogP contribution in [0.4, 0.5) is 5.88 Å². The first-order valence-electron chi connectivity index (χ1n) is 8.92. The molecule has 0 aliphatic carbocycles. The standard InChI is InChI=1S/C18H26N5O2/c19-18-15-23(20-25-18)22-13-11-21(12-14-22)10-6-2-5-9-17(24)16-7-3-1-4-8-16/h1,3-4,7-8,15H,2,5-6,9-14,19H2/q+1. The van der Waals surface area contributed by atoms with Gasteiger partial charge in [-0.3, -0.25) is 14.2 Å². The Balaban J connectivity index is 1.28. The maximum absolute atomic E-state index is 12.0. The summed E-state index contributed by atoms with van der Waals surface area (Å²) in [7, 11) is 0. The van der Waals surface area contributed by atoms with E-state index in [0.717, 1.165) is 57.5 Å². The van der Waals surface area contributed by atoms with E-state index in [-0.39, 0.29) is 5.78 Å². The minimum absolute atomic E-state index is 0.248. The molecule has 7 nitrogen and oxygen atoms in total. The van der Waals surface area contributed by atoms with E-state index >= 15 is 0 Å². The Morgan fingerprint density at radius 1 is 1.12 bits per heavy atom. The number of Topliss-reactive ketones (excluding diaryl/α,β-unsaturated/α-hetero) is 1. The van der Waals surface area contributed by atoms with Gasteiger partial charge < -0.3 is 5.73 Å². The zero-order valence-corrected chi connectivity index (χ0v) is 14.5. The van der Waals surface area contributed by atoms with E-state index in [1.54, 1.807) is 11.0 Å². The lowest BCUT2D eigenvalue weighted by Crippen LogP contribution is -2.65. The lowest BCUT2D eigenvalue weighted by Gasteiger charge is -2.29. The Hall–Kier alpha value is -2.41. The van der Waals surface area contributed by atoms with Gasteiger partial charge in [0.2, 0.25) is 5.27 Å². The molecular weight excluding hydrogens is 318 g/mol. The summed E-state index contributed by atoms with van der Waals surface area (Å²) in [5, 5.41) is 6.00. The molecule has 0 spiro atoms. The van der Waals surface area contributed by atoms with Gasteiger partial charge in [0.25, 0.3) is 12.1 Å². The summed E-state index contributed by atoms with van der Waals surface area (Å²) >= 11 is 0. The molecule has 1 aliphatic rings. The third-order valence-electron chi connectivity index (χ3n) is 4.59. The maximum Gasteiger partial charge on any atom is 0.296 e. The zero-order chi connectivity index (χ0) is 17.5. The van der Waals surface area contributed by atoms with Gasteiger partial charge in [-0.2, -0.15) is 5.01 Å². The van der Waals surface area contributed by atoms with E-state index in [9.17, 15) is 4.79 Å². The maximum atomic E-state index is 12.0. The number of carbonyl (C=O) groups is 1. The van der Waals surface area contributed by atoms with Crippen molar-refractivity contribution in [1.29, 1.82) is 0 Å². The second kappa shape index (κ2) is 8.62. The highest BCUT2D eigenvalue weighted by atomic mass is 16.5. The fourth-order valence-electron chi connectivity index (χ4n) is 3.12. The highest BCUT2D eigenvalue weighted by Crippen LogP contribution is 2.09. The molecule has 134 valence electrons. The average molecular weight is 344 g/mol. The second-order valence-corrected chi connectivity index (χ2v) is 6.42. The van der Waals surface area contributed by atoms with Crippen LogP contribution in [-0.4, -0.2) is 48.7 Å². The summed E-state index contributed by atoms with van der Waals surface area (Å²) in [4.78, 5) is 16.2. The number of nitrogen functional groups attached to an aromatic ring is 1. The molecule has 2 heterocycles. The molecule has 0 saturated carbocycles. The number of ketones is 1. The lowest BCUT2D eigenvalue weighted by atomic mass is 10.0. The summed E-state index contributed by atoms with van der Waals surface area (Å²) in [6.45, 7) is 4.90. The first-order valence-corrected chi connectivity index (χ1v) is 8.92. The molecule has 0 amide bonds. The second-order valence-electron chi connectivity index (χ2n) is 6.42. The number of piperazine rings is 1. The fraction of sp³-hybridized carbons (Fsp3) is 0.500. The van der Waals surface area contributed by atoms with Crippen molar-refractivity contribution in [2.45, 2.75) is 25.7 Å². The molecule has 1 saturated heterocycles. The molecule has 0 radical (unpaired) electrons. The van der Waals surface area contributed by atoms with Crippen LogP contribution >= 0.6 is 0 Å². The van der Waals surface area contributed by atoms with Gasteiger partial charge >= 0.3 is 0 Å². The first-order chi connectivity index (χ1) is 12.2. The van der Waals surface area contributed by atoms with E-state index in [0.29, 0.717) is 12.3 Å². The fourth-order valence-corrected chi connectivity index (χ4v) is 3.12. The molecule has 2 aromatic rings. The minimum Gasteiger partial charge on any atom is -0.362 e. The predicted molar refractivity (Wildman–Crippen MR) is 94.7 cm³/mol. The molecule has 1 aromatic carbocycles. The van der Waals surface area contributed by atoms with E-state index in [1.165, 1.54) is 0 Å². The molecule has 0 unspecified atom stereocenters. The summed E-state index contributed by atoms with van der Waals surface area (Å²) in [5.41, 5.74) is 6.38. The topological polar surface area (TPSA) is 79.5 Å². The van der Waals surface area contributed by atoms with Crippen molar-refractivity contribution in [2.75, 3.05) is 43.5 Å². The molecule has 2 N–H and O–H groups in total. The van der Waals surface area contributed by atoms with Crippen molar-refractivity contribution in [2.24, 2.45) is 0 Å². The van der Waals surface area contributed by atoms with Crippen molar-refractivity contribution >= 4 is 11.7 Å². The summed E-state index contributed by atoms with van der Waals surface area (Å²) in [6, 6.07) is 9.55. The van der Waals surface area contributed by atoms with Crippen LogP contribution in [0.15, 0.2) is 41.1 Å². The van der Waals surface area contributed by atoms with Crippen molar-refractivity contribution < 1.29 is 14.1 Å². The van der Waals surface area contributed by atoms with Crippen LogP contribution in [0.5, 0.6) is 0 Å². The van der Waals surface area contributed by atoms with Crippen LogP contribution in [0.1, 0.15) is 36.0 Å². The molecule has 1 aliphatic heterocycles. The van der Waals surface area contributed by atoms with Gasteiger partial charge in [-0.1, -0.05) is 36.8 Å². The number of hydrogen-bond donors (Lipinski definition) is 1. The van der Waals surface area contributed by atoms with Crippen LogP contribution in [-0.2, 0) is 0 Å². The monoisotopic (exact) mass is 344 g/mol. The molecule has 25 heavy (non-hydrogen) atoms. The van der Waals surface area contributed by atoms with Gasteiger partial charge in [0.1, 0.15) is 0 Å². The molecule has 1 aromatic heterocycles. The largest absolute Gasteiger partial charge is 0.362 e. The number of hydrogen-bond acceptors (Lipinski definition) is 6. The molecule has 1 fully saturated rings. The van der Waals surface area contributed by atoms with Crippen LogP contribution in [0.2, 0.25) is 0 Å². The molecule has 7 heteroatoms. The molecule has 0 atom stereocenters. The Morgan fingerprint density at radius 3 is 2.56 bits per heavy atom. The molecular formula is C18H26N5O2+.